The third-order valence-electron chi connectivity index (χ3n) is 2.91. The van der Waals surface area contributed by atoms with Crippen molar-refractivity contribution in [1.29, 1.82) is 5.26 Å². The second-order valence-corrected chi connectivity index (χ2v) is 3.93. The Hall–Kier alpha value is -2.53. The first-order valence-electron chi connectivity index (χ1n) is 5.45. The van der Waals surface area contributed by atoms with Crippen molar-refractivity contribution in [1.82, 2.24) is 4.57 Å². The minimum absolute atomic E-state index is 0.951. The summed E-state index contributed by atoms with van der Waals surface area (Å²) in [5, 5.41) is 10.0. The van der Waals surface area contributed by atoms with Crippen LogP contribution in [0, 0.1) is 11.5 Å². The fourth-order valence-corrected chi connectivity index (χ4v) is 2.04. The molecule has 0 unspecified atom stereocenters. The molecule has 17 heavy (non-hydrogen) atoms. The number of aromatic nitrogens is 1. The van der Waals surface area contributed by atoms with Crippen LogP contribution in [0.15, 0.2) is 60.8 Å². The molecule has 3 rings (SSSR count). The van der Waals surface area contributed by atoms with Gasteiger partial charge in [-0.05, 0) is 29.3 Å². The highest BCUT2D eigenvalue weighted by Crippen LogP contribution is 2.24. The van der Waals surface area contributed by atoms with Gasteiger partial charge in [0.15, 0.2) is 6.19 Å². The summed E-state index contributed by atoms with van der Waals surface area (Å²) in [6, 6.07) is 18.3. The smallest absolute Gasteiger partial charge is 0.188 e. The van der Waals surface area contributed by atoms with Crippen LogP contribution < -0.4 is 0 Å². The molecule has 0 bridgehead atoms. The van der Waals surface area contributed by atoms with Gasteiger partial charge < -0.3 is 0 Å². The Bertz CT molecular complexity index is 703. The Kier molecular flexibility index (Phi) is 2.16. The summed E-state index contributed by atoms with van der Waals surface area (Å²) in [5.74, 6) is 0. The maximum atomic E-state index is 8.92. The summed E-state index contributed by atoms with van der Waals surface area (Å²) in [5.41, 5.74) is 3.32. The maximum Gasteiger partial charge on any atom is 0.188 e. The number of rotatable bonds is 1. The Morgan fingerprint density at radius 3 is 2.47 bits per heavy atom. The average Bonchev–Trinajstić information content (AvgIpc) is 2.81. The first-order valence-corrected chi connectivity index (χ1v) is 5.45. The second-order valence-electron chi connectivity index (χ2n) is 3.93. The Morgan fingerprint density at radius 1 is 0.882 bits per heavy atom. The topological polar surface area (TPSA) is 28.7 Å². The lowest BCUT2D eigenvalue weighted by molar-refractivity contribution is 1.15. The molecule has 0 aliphatic rings. The Morgan fingerprint density at radius 2 is 1.71 bits per heavy atom. The molecule has 0 atom stereocenters. The van der Waals surface area contributed by atoms with Gasteiger partial charge in [0.25, 0.3) is 0 Å². The number of benzene rings is 2. The van der Waals surface area contributed by atoms with Crippen LogP contribution >= 0.6 is 0 Å². The standard InChI is InChI=1S/C15H10N2/c16-11-17-9-8-14-10-13(6-7-15(14)17)12-4-2-1-3-5-12/h1-10H. The fraction of sp³-hybridized carbons (Fsp3) is 0. The molecule has 3 aromatic rings. The van der Waals surface area contributed by atoms with E-state index in [1.165, 1.54) is 11.1 Å². The van der Waals surface area contributed by atoms with Gasteiger partial charge in [0.05, 0.1) is 5.52 Å². The summed E-state index contributed by atoms with van der Waals surface area (Å²) >= 11 is 0. The SMILES string of the molecule is N#Cn1ccc2cc(-c3ccccc3)ccc21. The largest absolute Gasteiger partial charge is 0.254 e. The van der Waals surface area contributed by atoms with Crippen molar-refractivity contribution in [3.05, 3.63) is 60.8 Å². The van der Waals surface area contributed by atoms with Crippen LogP contribution in [0.2, 0.25) is 0 Å². The molecule has 0 radical (unpaired) electrons. The molecule has 2 heteroatoms. The molecular formula is C15H10N2. The van der Waals surface area contributed by atoms with E-state index in [1.54, 1.807) is 10.8 Å². The van der Waals surface area contributed by atoms with E-state index < -0.39 is 0 Å². The van der Waals surface area contributed by atoms with E-state index in [1.807, 2.05) is 36.4 Å². The third kappa shape index (κ3) is 1.58. The monoisotopic (exact) mass is 218 g/mol. The molecular weight excluding hydrogens is 208 g/mol. The van der Waals surface area contributed by atoms with Crippen LogP contribution in [-0.4, -0.2) is 4.57 Å². The van der Waals surface area contributed by atoms with E-state index in [4.69, 9.17) is 5.26 Å². The van der Waals surface area contributed by atoms with E-state index in [2.05, 4.69) is 24.4 Å². The molecule has 0 saturated heterocycles. The number of fused-ring (bicyclic) bond motifs is 1. The van der Waals surface area contributed by atoms with Crippen molar-refractivity contribution in [3.8, 4) is 17.3 Å². The molecule has 0 saturated carbocycles. The van der Waals surface area contributed by atoms with Crippen molar-refractivity contribution < 1.29 is 0 Å². The van der Waals surface area contributed by atoms with Crippen LogP contribution in [-0.2, 0) is 0 Å². The van der Waals surface area contributed by atoms with Gasteiger partial charge in [-0.3, -0.25) is 4.57 Å². The summed E-state index contributed by atoms with van der Waals surface area (Å²) in [4.78, 5) is 0. The van der Waals surface area contributed by atoms with Gasteiger partial charge in [-0.2, -0.15) is 5.26 Å². The molecule has 0 spiro atoms. The van der Waals surface area contributed by atoms with Crippen LogP contribution in [0.4, 0.5) is 0 Å². The van der Waals surface area contributed by atoms with Crippen LogP contribution in [0.3, 0.4) is 0 Å². The van der Waals surface area contributed by atoms with Gasteiger partial charge in [-0.1, -0.05) is 36.4 Å². The van der Waals surface area contributed by atoms with Crippen molar-refractivity contribution in [2.45, 2.75) is 0 Å². The lowest BCUT2D eigenvalue weighted by Gasteiger charge is -2.01. The molecule has 1 heterocycles. The molecule has 0 aliphatic heterocycles. The normalized spacial score (nSPS) is 10.3. The zero-order chi connectivity index (χ0) is 11.7. The molecule has 0 amide bonds. The summed E-state index contributed by atoms with van der Waals surface area (Å²) in [6.07, 6.45) is 3.92. The van der Waals surface area contributed by atoms with E-state index in [0.717, 1.165) is 10.9 Å². The van der Waals surface area contributed by atoms with Crippen molar-refractivity contribution in [2.24, 2.45) is 0 Å². The van der Waals surface area contributed by atoms with E-state index >= 15 is 0 Å². The van der Waals surface area contributed by atoms with Crippen LogP contribution in [0.1, 0.15) is 0 Å². The lowest BCUT2D eigenvalue weighted by Crippen LogP contribution is -1.84. The Balaban J connectivity index is 2.19. The van der Waals surface area contributed by atoms with E-state index in [-0.39, 0.29) is 0 Å². The first kappa shape index (κ1) is 9.68. The molecule has 0 aliphatic carbocycles. The van der Waals surface area contributed by atoms with Gasteiger partial charge in [-0.15, -0.1) is 0 Å². The summed E-state index contributed by atoms with van der Waals surface area (Å²) in [6.45, 7) is 0. The van der Waals surface area contributed by atoms with Crippen molar-refractivity contribution >= 4 is 10.9 Å². The van der Waals surface area contributed by atoms with Gasteiger partial charge >= 0.3 is 0 Å². The van der Waals surface area contributed by atoms with Crippen molar-refractivity contribution in [3.63, 3.8) is 0 Å². The molecule has 2 nitrogen and oxygen atoms in total. The number of nitriles is 1. The van der Waals surface area contributed by atoms with Gasteiger partial charge in [0, 0.05) is 11.6 Å². The second kappa shape index (κ2) is 3.80. The van der Waals surface area contributed by atoms with E-state index in [9.17, 15) is 0 Å². The van der Waals surface area contributed by atoms with Crippen LogP contribution in [0.5, 0.6) is 0 Å². The summed E-state index contributed by atoms with van der Waals surface area (Å²) in [7, 11) is 0. The maximum absolute atomic E-state index is 8.92. The van der Waals surface area contributed by atoms with Gasteiger partial charge in [-0.25, -0.2) is 0 Å². The molecule has 0 fully saturated rings. The van der Waals surface area contributed by atoms with E-state index in [0.29, 0.717) is 0 Å². The molecule has 1 aromatic heterocycles. The highest BCUT2D eigenvalue weighted by molar-refractivity contribution is 5.86. The lowest BCUT2D eigenvalue weighted by atomic mass is 10.0. The van der Waals surface area contributed by atoms with Crippen molar-refractivity contribution in [2.75, 3.05) is 0 Å². The predicted octanol–water partition coefficient (Wildman–Crippen LogP) is 3.64. The number of nitrogens with zero attached hydrogens (tertiary/aromatic N) is 2. The average molecular weight is 218 g/mol. The summed E-state index contributed by atoms with van der Waals surface area (Å²) < 4.78 is 1.57. The molecule has 2 aromatic carbocycles. The molecule has 80 valence electrons. The zero-order valence-electron chi connectivity index (χ0n) is 9.17. The Labute approximate surface area is 99.3 Å². The third-order valence-corrected chi connectivity index (χ3v) is 2.91. The molecule has 0 N–H and O–H groups in total. The minimum atomic E-state index is 0.951. The zero-order valence-corrected chi connectivity index (χ0v) is 9.17. The number of hydrogen-bond donors (Lipinski definition) is 0. The minimum Gasteiger partial charge on any atom is -0.254 e. The van der Waals surface area contributed by atoms with Gasteiger partial charge in [0.1, 0.15) is 0 Å². The number of hydrogen-bond acceptors (Lipinski definition) is 1. The highest BCUT2D eigenvalue weighted by Gasteiger charge is 2.02. The van der Waals surface area contributed by atoms with Gasteiger partial charge in [0.2, 0.25) is 0 Å². The van der Waals surface area contributed by atoms with Crippen LogP contribution in [0.25, 0.3) is 22.0 Å². The highest BCUT2D eigenvalue weighted by atomic mass is 14.9. The quantitative estimate of drug-likeness (QED) is 0.613. The first-order chi connectivity index (χ1) is 8.38. The fourth-order valence-electron chi connectivity index (χ4n) is 2.04. The predicted molar refractivity (Wildman–Crippen MR) is 68.4 cm³/mol.